The van der Waals surface area contributed by atoms with Crippen molar-refractivity contribution in [1.29, 1.82) is 0 Å². The van der Waals surface area contributed by atoms with Gasteiger partial charge in [-0.15, -0.1) is 0 Å². The summed E-state index contributed by atoms with van der Waals surface area (Å²) in [5.41, 5.74) is -1.57. The van der Waals surface area contributed by atoms with Gasteiger partial charge < -0.3 is 24.4 Å². The summed E-state index contributed by atoms with van der Waals surface area (Å²) < 4.78 is 52.9. The largest absolute Gasteiger partial charge is 0.467 e. The lowest BCUT2D eigenvalue weighted by Gasteiger charge is -2.30. The molecule has 30 heavy (non-hydrogen) atoms. The monoisotopic (exact) mass is 434 g/mol. The number of hydrogen-bond acceptors (Lipinski definition) is 8. The minimum Gasteiger partial charge on any atom is -0.467 e. The molecule has 0 radical (unpaired) electrons. The molecule has 0 aliphatic carbocycles. The van der Waals surface area contributed by atoms with Crippen LogP contribution in [-0.4, -0.2) is 73.6 Å². The fourth-order valence-corrected chi connectivity index (χ4v) is 2.96. The van der Waals surface area contributed by atoms with E-state index in [9.17, 15) is 22.8 Å². The van der Waals surface area contributed by atoms with E-state index >= 15 is 0 Å². The fraction of sp³-hybridized carbons (Fsp3) is 0.667. The molecule has 0 saturated carbocycles. The molecule has 0 atom stereocenters. The maximum absolute atomic E-state index is 12.7. The number of nitrogens with zero attached hydrogens (tertiary/aromatic N) is 3. The molecule has 0 spiro atoms. The molecule has 0 bridgehead atoms. The Bertz CT molecular complexity index is 750. The van der Waals surface area contributed by atoms with Crippen LogP contribution in [0.1, 0.15) is 37.2 Å². The Morgan fingerprint density at radius 1 is 1.23 bits per heavy atom. The molecule has 9 nitrogen and oxygen atoms in total. The van der Waals surface area contributed by atoms with E-state index in [0.717, 1.165) is 6.20 Å². The van der Waals surface area contributed by atoms with Crippen molar-refractivity contribution in [3.63, 3.8) is 0 Å². The van der Waals surface area contributed by atoms with E-state index in [0.29, 0.717) is 26.3 Å². The van der Waals surface area contributed by atoms with Gasteiger partial charge in [-0.1, -0.05) is 13.8 Å². The second kappa shape index (κ2) is 9.92. The number of carbonyl (C=O) groups excluding carboxylic acids is 2. The van der Waals surface area contributed by atoms with E-state index in [2.05, 4.69) is 15.3 Å². The summed E-state index contributed by atoms with van der Waals surface area (Å²) >= 11 is 0. The third kappa shape index (κ3) is 5.71. The lowest BCUT2D eigenvalue weighted by molar-refractivity contribution is -0.154. The van der Waals surface area contributed by atoms with Crippen LogP contribution >= 0.6 is 0 Å². The quantitative estimate of drug-likeness (QED) is 0.617. The number of amides is 1. The maximum atomic E-state index is 12.7. The van der Waals surface area contributed by atoms with E-state index < -0.39 is 36.1 Å². The van der Waals surface area contributed by atoms with Crippen molar-refractivity contribution < 1.29 is 37.0 Å². The number of aromatic nitrogens is 2. The molecule has 1 aliphatic heterocycles. The van der Waals surface area contributed by atoms with Gasteiger partial charge in [0, 0.05) is 13.1 Å². The average molecular weight is 434 g/mol. The zero-order valence-corrected chi connectivity index (χ0v) is 17.0. The highest BCUT2D eigenvalue weighted by molar-refractivity contribution is 5.96. The first-order chi connectivity index (χ1) is 14.2. The molecule has 168 valence electrons. The Balaban J connectivity index is 2.33. The molecule has 1 aliphatic rings. The normalized spacial score (nSPS) is 14.9. The van der Waals surface area contributed by atoms with Crippen LogP contribution in [0.15, 0.2) is 6.20 Å². The number of ether oxygens (including phenoxy) is 3. The van der Waals surface area contributed by atoms with E-state index in [1.165, 1.54) is 7.11 Å². The molecule has 1 aromatic heterocycles. The van der Waals surface area contributed by atoms with Crippen LogP contribution in [0.3, 0.4) is 0 Å². The van der Waals surface area contributed by atoms with Crippen molar-refractivity contribution in [2.24, 2.45) is 0 Å². The minimum absolute atomic E-state index is 0.0873. The average Bonchev–Trinajstić information content (AvgIpc) is 2.75. The number of esters is 1. The highest BCUT2D eigenvalue weighted by atomic mass is 19.4. The Labute approximate surface area is 171 Å². The molecule has 1 amide bonds. The van der Waals surface area contributed by atoms with Gasteiger partial charge in [-0.05, 0) is 12.8 Å². The highest BCUT2D eigenvalue weighted by Crippen LogP contribution is 2.27. The Kier molecular flexibility index (Phi) is 7.82. The zero-order chi connectivity index (χ0) is 22.4. The van der Waals surface area contributed by atoms with Crippen molar-refractivity contribution >= 4 is 17.7 Å². The molecular formula is C18H25F3N4O5. The van der Waals surface area contributed by atoms with Gasteiger partial charge in [0.15, 0.2) is 18.1 Å². The van der Waals surface area contributed by atoms with Crippen LogP contribution in [0.4, 0.5) is 19.0 Å². The molecule has 0 unspecified atom stereocenters. The molecule has 12 heteroatoms. The van der Waals surface area contributed by atoms with Crippen molar-refractivity contribution in [2.45, 2.75) is 38.4 Å². The summed E-state index contributed by atoms with van der Waals surface area (Å²) in [6, 6.07) is 0. The SMILES string of the molecule is CCC(CC)(NC(=O)c1cnc(N2CCOCC2)c(OCC(F)(F)F)n1)C(=O)OC. The highest BCUT2D eigenvalue weighted by Gasteiger charge is 2.38. The molecule has 2 rings (SSSR count). The number of morpholine rings is 1. The van der Waals surface area contributed by atoms with Gasteiger partial charge in [0.05, 0.1) is 26.5 Å². The first-order valence-electron chi connectivity index (χ1n) is 9.46. The van der Waals surface area contributed by atoms with Gasteiger partial charge in [-0.25, -0.2) is 14.8 Å². The minimum atomic E-state index is -4.59. The smallest absolute Gasteiger partial charge is 0.422 e. The van der Waals surface area contributed by atoms with Crippen LogP contribution in [-0.2, 0) is 14.3 Å². The number of hydrogen-bond donors (Lipinski definition) is 1. The summed E-state index contributed by atoms with van der Waals surface area (Å²) in [6.45, 7) is 3.34. The molecule has 0 aromatic carbocycles. The summed E-state index contributed by atoms with van der Waals surface area (Å²) in [7, 11) is 1.20. The predicted octanol–water partition coefficient (Wildman–Crippen LogP) is 1.72. The number of methoxy groups -OCH3 is 1. The van der Waals surface area contributed by atoms with Crippen molar-refractivity contribution in [1.82, 2.24) is 15.3 Å². The van der Waals surface area contributed by atoms with Crippen molar-refractivity contribution in [3.05, 3.63) is 11.9 Å². The predicted molar refractivity (Wildman–Crippen MR) is 99.4 cm³/mol. The number of rotatable bonds is 8. The van der Waals surface area contributed by atoms with Gasteiger partial charge in [0.1, 0.15) is 5.54 Å². The first kappa shape index (κ1) is 23.6. The van der Waals surface area contributed by atoms with Gasteiger partial charge in [0.25, 0.3) is 11.8 Å². The molecular weight excluding hydrogens is 409 g/mol. The molecule has 1 fully saturated rings. The van der Waals surface area contributed by atoms with E-state index in [-0.39, 0.29) is 24.4 Å². The Hall–Kier alpha value is -2.63. The van der Waals surface area contributed by atoms with Gasteiger partial charge >= 0.3 is 12.1 Å². The third-order valence-corrected chi connectivity index (χ3v) is 4.77. The van der Waals surface area contributed by atoms with Crippen molar-refractivity contribution in [2.75, 3.05) is 44.9 Å². The fourth-order valence-electron chi connectivity index (χ4n) is 2.96. The molecule has 1 aromatic rings. The topological polar surface area (TPSA) is 103 Å². The van der Waals surface area contributed by atoms with Crippen LogP contribution in [0.2, 0.25) is 0 Å². The van der Waals surface area contributed by atoms with Crippen LogP contribution in [0.25, 0.3) is 0 Å². The van der Waals surface area contributed by atoms with Crippen LogP contribution in [0, 0.1) is 0 Å². The Morgan fingerprint density at radius 3 is 2.40 bits per heavy atom. The van der Waals surface area contributed by atoms with Crippen LogP contribution in [0.5, 0.6) is 5.88 Å². The second-order valence-corrected chi connectivity index (χ2v) is 6.62. The maximum Gasteiger partial charge on any atom is 0.422 e. The number of anilines is 1. The second-order valence-electron chi connectivity index (χ2n) is 6.62. The lowest BCUT2D eigenvalue weighted by atomic mass is 9.92. The first-order valence-corrected chi connectivity index (χ1v) is 9.46. The van der Waals surface area contributed by atoms with Gasteiger partial charge in [-0.3, -0.25) is 4.79 Å². The summed E-state index contributed by atoms with van der Waals surface area (Å²) in [4.78, 5) is 34.6. The van der Waals surface area contributed by atoms with E-state index in [4.69, 9.17) is 14.2 Å². The molecule has 1 saturated heterocycles. The number of carbonyl (C=O) groups is 2. The third-order valence-electron chi connectivity index (χ3n) is 4.77. The summed E-state index contributed by atoms with van der Waals surface area (Å²) in [5.74, 6) is -1.74. The zero-order valence-electron chi connectivity index (χ0n) is 17.0. The van der Waals surface area contributed by atoms with Crippen molar-refractivity contribution in [3.8, 4) is 5.88 Å². The lowest BCUT2D eigenvalue weighted by Crippen LogP contribution is -2.54. The Morgan fingerprint density at radius 2 is 1.87 bits per heavy atom. The van der Waals surface area contributed by atoms with Crippen LogP contribution < -0.4 is 15.0 Å². The number of halogens is 3. The number of nitrogens with one attached hydrogen (secondary N) is 1. The van der Waals surface area contributed by atoms with Gasteiger partial charge in [-0.2, -0.15) is 13.2 Å². The number of alkyl halides is 3. The van der Waals surface area contributed by atoms with E-state index in [1.54, 1.807) is 18.7 Å². The van der Waals surface area contributed by atoms with E-state index in [1.807, 2.05) is 0 Å². The van der Waals surface area contributed by atoms with Gasteiger partial charge in [0.2, 0.25) is 0 Å². The molecule has 1 N–H and O–H groups in total. The summed E-state index contributed by atoms with van der Waals surface area (Å²) in [5, 5.41) is 2.57. The standard InChI is InChI=1S/C18H25F3N4O5/c1-4-17(5-2,16(27)28-3)24-14(26)12-10-22-13(25-6-8-29-9-7-25)15(23-12)30-11-18(19,20)21/h10H,4-9,11H2,1-3H3,(H,24,26). The molecule has 2 heterocycles. The summed E-state index contributed by atoms with van der Waals surface area (Å²) in [6.07, 6.45) is -2.96.